The Labute approximate surface area is 144 Å². The van der Waals surface area contributed by atoms with E-state index in [1.807, 2.05) is 18.2 Å². The molecule has 0 unspecified atom stereocenters. The van der Waals surface area contributed by atoms with Crippen LogP contribution in [0.15, 0.2) is 78.9 Å². The molecule has 5 nitrogen and oxygen atoms in total. The molecule has 0 aliphatic heterocycles. The van der Waals surface area contributed by atoms with Crippen molar-refractivity contribution in [3.05, 3.63) is 90.0 Å². The normalized spacial score (nSPS) is 10.1. The van der Waals surface area contributed by atoms with Crippen LogP contribution in [0.25, 0.3) is 0 Å². The van der Waals surface area contributed by atoms with E-state index in [0.717, 1.165) is 0 Å². The van der Waals surface area contributed by atoms with E-state index in [1.165, 1.54) is 12.1 Å². The molecular formula is C20H15NO4. The third-order valence-electron chi connectivity index (χ3n) is 3.47. The number of amides is 1. The summed E-state index contributed by atoms with van der Waals surface area (Å²) in [7, 11) is 0. The summed E-state index contributed by atoms with van der Waals surface area (Å²) in [5, 5.41) is 11.7. The van der Waals surface area contributed by atoms with Gasteiger partial charge in [-0.2, -0.15) is 0 Å². The van der Waals surface area contributed by atoms with Gasteiger partial charge in [0.15, 0.2) is 0 Å². The molecule has 0 atom stereocenters. The summed E-state index contributed by atoms with van der Waals surface area (Å²) in [5.74, 6) is -0.394. The highest BCUT2D eigenvalue weighted by atomic mass is 16.5. The van der Waals surface area contributed by atoms with Crippen LogP contribution in [0.4, 0.5) is 5.69 Å². The third kappa shape index (κ3) is 4.03. The van der Waals surface area contributed by atoms with Crippen LogP contribution in [0.2, 0.25) is 0 Å². The molecule has 124 valence electrons. The third-order valence-corrected chi connectivity index (χ3v) is 3.47. The highest BCUT2D eigenvalue weighted by molar-refractivity contribution is 6.06. The van der Waals surface area contributed by atoms with Gasteiger partial charge < -0.3 is 15.2 Å². The maximum Gasteiger partial charge on any atom is 0.335 e. The van der Waals surface area contributed by atoms with Crippen molar-refractivity contribution in [1.82, 2.24) is 0 Å². The number of para-hydroxylation sites is 2. The molecule has 3 aromatic rings. The van der Waals surface area contributed by atoms with Crippen LogP contribution in [0, 0.1) is 0 Å². The number of hydrogen-bond acceptors (Lipinski definition) is 3. The van der Waals surface area contributed by atoms with E-state index in [-0.39, 0.29) is 11.5 Å². The lowest BCUT2D eigenvalue weighted by atomic mass is 10.1. The molecule has 3 aromatic carbocycles. The number of aromatic carboxylic acids is 1. The average Bonchev–Trinajstić information content (AvgIpc) is 2.63. The second kappa shape index (κ2) is 7.31. The number of carboxylic acids is 1. The second-order valence-corrected chi connectivity index (χ2v) is 5.25. The van der Waals surface area contributed by atoms with Gasteiger partial charge in [-0.05, 0) is 42.5 Å². The van der Waals surface area contributed by atoms with E-state index in [9.17, 15) is 9.59 Å². The number of anilines is 1. The molecule has 2 N–H and O–H groups in total. The van der Waals surface area contributed by atoms with E-state index >= 15 is 0 Å². The lowest BCUT2D eigenvalue weighted by Crippen LogP contribution is -2.13. The number of benzene rings is 3. The highest BCUT2D eigenvalue weighted by Gasteiger charge is 2.14. The van der Waals surface area contributed by atoms with Gasteiger partial charge in [0.2, 0.25) is 0 Å². The van der Waals surface area contributed by atoms with Crippen molar-refractivity contribution in [2.45, 2.75) is 0 Å². The fourth-order valence-corrected chi connectivity index (χ4v) is 2.29. The maximum absolute atomic E-state index is 12.6. The van der Waals surface area contributed by atoms with Gasteiger partial charge in [0.1, 0.15) is 11.5 Å². The summed E-state index contributed by atoms with van der Waals surface area (Å²) in [5.41, 5.74) is 0.859. The van der Waals surface area contributed by atoms with Crippen LogP contribution in [0.5, 0.6) is 11.5 Å². The summed E-state index contributed by atoms with van der Waals surface area (Å²) < 4.78 is 5.78. The number of rotatable bonds is 5. The summed E-state index contributed by atoms with van der Waals surface area (Å²) in [6.45, 7) is 0. The van der Waals surface area contributed by atoms with E-state index in [2.05, 4.69) is 5.32 Å². The molecule has 0 bridgehead atoms. The number of nitrogens with one attached hydrogen (secondary N) is 1. The number of carbonyl (C=O) groups is 2. The molecule has 0 saturated heterocycles. The molecule has 0 aliphatic carbocycles. The molecule has 0 spiro atoms. The van der Waals surface area contributed by atoms with E-state index in [0.29, 0.717) is 22.7 Å². The fraction of sp³-hybridized carbons (Fsp3) is 0. The molecular weight excluding hydrogens is 318 g/mol. The van der Waals surface area contributed by atoms with Crippen LogP contribution in [0.3, 0.4) is 0 Å². The van der Waals surface area contributed by atoms with Crippen molar-refractivity contribution in [2.75, 3.05) is 5.32 Å². The molecule has 0 radical (unpaired) electrons. The molecule has 0 fully saturated rings. The SMILES string of the molecule is O=C(O)c1cccc(NC(=O)c2ccccc2Oc2ccccc2)c1. The minimum absolute atomic E-state index is 0.103. The first-order valence-corrected chi connectivity index (χ1v) is 7.60. The molecule has 25 heavy (non-hydrogen) atoms. The predicted octanol–water partition coefficient (Wildman–Crippen LogP) is 4.43. The van der Waals surface area contributed by atoms with Crippen LogP contribution in [-0.4, -0.2) is 17.0 Å². The quantitative estimate of drug-likeness (QED) is 0.724. The molecule has 3 rings (SSSR count). The zero-order chi connectivity index (χ0) is 17.6. The molecule has 0 saturated carbocycles. The summed E-state index contributed by atoms with van der Waals surface area (Å²) in [6, 6.07) is 22.1. The summed E-state index contributed by atoms with van der Waals surface area (Å²) >= 11 is 0. The zero-order valence-electron chi connectivity index (χ0n) is 13.2. The van der Waals surface area contributed by atoms with Crippen molar-refractivity contribution in [2.24, 2.45) is 0 Å². The Bertz CT molecular complexity index is 906. The average molecular weight is 333 g/mol. The van der Waals surface area contributed by atoms with Crippen molar-refractivity contribution in [1.29, 1.82) is 0 Å². The Kier molecular flexibility index (Phi) is 4.76. The zero-order valence-corrected chi connectivity index (χ0v) is 13.2. The highest BCUT2D eigenvalue weighted by Crippen LogP contribution is 2.26. The van der Waals surface area contributed by atoms with Gasteiger partial charge in [0.05, 0.1) is 11.1 Å². The Hall–Kier alpha value is -3.60. The largest absolute Gasteiger partial charge is 0.478 e. The molecule has 0 heterocycles. The van der Waals surface area contributed by atoms with E-state index in [1.54, 1.807) is 48.5 Å². The minimum Gasteiger partial charge on any atom is -0.478 e. The van der Waals surface area contributed by atoms with Crippen molar-refractivity contribution in [3.8, 4) is 11.5 Å². The Morgan fingerprint density at radius 1 is 0.840 bits per heavy atom. The molecule has 0 aliphatic rings. The monoisotopic (exact) mass is 333 g/mol. The Balaban J connectivity index is 1.83. The lowest BCUT2D eigenvalue weighted by Gasteiger charge is -2.11. The maximum atomic E-state index is 12.6. The van der Waals surface area contributed by atoms with Crippen LogP contribution < -0.4 is 10.1 Å². The van der Waals surface area contributed by atoms with Crippen molar-refractivity contribution in [3.63, 3.8) is 0 Å². The number of hydrogen-bond donors (Lipinski definition) is 2. The molecule has 5 heteroatoms. The van der Waals surface area contributed by atoms with Gasteiger partial charge in [-0.3, -0.25) is 4.79 Å². The first-order valence-electron chi connectivity index (χ1n) is 7.60. The van der Waals surface area contributed by atoms with Crippen LogP contribution in [0.1, 0.15) is 20.7 Å². The Morgan fingerprint density at radius 3 is 2.32 bits per heavy atom. The van der Waals surface area contributed by atoms with Gasteiger partial charge in [-0.25, -0.2) is 4.79 Å². The molecule has 0 aromatic heterocycles. The van der Waals surface area contributed by atoms with Gasteiger partial charge in [-0.15, -0.1) is 0 Å². The molecule has 1 amide bonds. The standard InChI is InChI=1S/C20H15NO4/c22-19(21-15-8-6-7-14(13-15)20(23)24)17-11-4-5-12-18(17)25-16-9-2-1-3-10-16/h1-13H,(H,21,22)(H,23,24). The van der Waals surface area contributed by atoms with E-state index in [4.69, 9.17) is 9.84 Å². The minimum atomic E-state index is -1.05. The Morgan fingerprint density at radius 2 is 1.56 bits per heavy atom. The number of carbonyl (C=O) groups excluding carboxylic acids is 1. The topological polar surface area (TPSA) is 75.6 Å². The lowest BCUT2D eigenvalue weighted by molar-refractivity contribution is 0.0696. The van der Waals surface area contributed by atoms with Gasteiger partial charge in [-0.1, -0.05) is 36.4 Å². The van der Waals surface area contributed by atoms with Crippen LogP contribution in [-0.2, 0) is 0 Å². The fourth-order valence-electron chi connectivity index (χ4n) is 2.29. The summed E-state index contributed by atoms with van der Waals surface area (Å²) in [6.07, 6.45) is 0. The predicted molar refractivity (Wildman–Crippen MR) is 94.3 cm³/mol. The number of ether oxygens (including phenoxy) is 1. The van der Waals surface area contributed by atoms with Crippen molar-refractivity contribution < 1.29 is 19.4 Å². The summed E-state index contributed by atoms with van der Waals surface area (Å²) in [4.78, 5) is 23.6. The van der Waals surface area contributed by atoms with Gasteiger partial charge >= 0.3 is 5.97 Å². The van der Waals surface area contributed by atoms with Crippen LogP contribution >= 0.6 is 0 Å². The first kappa shape index (κ1) is 16.3. The smallest absolute Gasteiger partial charge is 0.335 e. The van der Waals surface area contributed by atoms with Crippen molar-refractivity contribution >= 4 is 17.6 Å². The first-order chi connectivity index (χ1) is 12.1. The van der Waals surface area contributed by atoms with Gasteiger partial charge in [0, 0.05) is 5.69 Å². The number of carboxylic acid groups (broad SMARTS) is 1. The van der Waals surface area contributed by atoms with Gasteiger partial charge in [0.25, 0.3) is 5.91 Å². The second-order valence-electron chi connectivity index (χ2n) is 5.25. The van der Waals surface area contributed by atoms with E-state index < -0.39 is 5.97 Å².